The van der Waals surface area contributed by atoms with Crippen LogP contribution in [0.5, 0.6) is 0 Å². The zero-order valence-corrected chi connectivity index (χ0v) is 10.5. The summed E-state index contributed by atoms with van der Waals surface area (Å²) < 4.78 is 21.9. The molecule has 0 N–H and O–H groups in total. The zero-order chi connectivity index (χ0) is 12.1. The highest BCUT2D eigenvalue weighted by Gasteiger charge is 2.38. The Morgan fingerprint density at radius 3 is 3.12 bits per heavy atom. The summed E-state index contributed by atoms with van der Waals surface area (Å²) in [6.45, 7) is 0.744. The van der Waals surface area contributed by atoms with Crippen molar-refractivity contribution < 1.29 is 13.7 Å². The molecule has 2 rings (SSSR count). The van der Waals surface area contributed by atoms with Crippen molar-refractivity contribution in [3.05, 3.63) is 35.5 Å². The van der Waals surface area contributed by atoms with Gasteiger partial charge in [-0.25, -0.2) is 0 Å². The molecule has 0 aromatic rings. The SMILES string of the molecule is C[S@](=O)/C=C/C#C/C=C1\C=C[C@@]2(CCCO2)O1. The van der Waals surface area contributed by atoms with Gasteiger partial charge in [0.2, 0.25) is 5.79 Å². The lowest BCUT2D eigenvalue weighted by Crippen LogP contribution is -2.24. The normalized spacial score (nSPS) is 30.8. The van der Waals surface area contributed by atoms with Gasteiger partial charge >= 0.3 is 0 Å². The van der Waals surface area contributed by atoms with Crippen LogP contribution in [0.1, 0.15) is 12.8 Å². The fourth-order valence-corrected chi connectivity index (χ4v) is 1.95. The number of allylic oxidation sites excluding steroid dienone is 3. The van der Waals surface area contributed by atoms with Crippen molar-refractivity contribution in [2.75, 3.05) is 12.9 Å². The van der Waals surface area contributed by atoms with Crippen LogP contribution >= 0.6 is 0 Å². The molecule has 0 bridgehead atoms. The van der Waals surface area contributed by atoms with Gasteiger partial charge in [0.05, 0.1) is 6.61 Å². The van der Waals surface area contributed by atoms with Crippen molar-refractivity contribution in [2.45, 2.75) is 18.6 Å². The minimum atomic E-state index is -0.947. The van der Waals surface area contributed by atoms with E-state index >= 15 is 0 Å². The van der Waals surface area contributed by atoms with E-state index < -0.39 is 16.6 Å². The van der Waals surface area contributed by atoms with Gasteiger partial charge in [-0.2, -0.15) is 0 Å². The van der Waals surface area contributed by atoms with Crippen LogP contribution in [-0.2, 0) is 20.3 Å². The average molecular weight is 250 g/mol. The highest BCUT2D eigenvalue weighted by molar-refractivity contribution is 7.87. The lowest BCUT2D eigenvalue weighted by atomic mass is 10.2. The third-order valence-corrected chi connectivity index (χ3v) is 2.97. The molecule has 0 amide bonds. The van der Waals surface area contributed by atoms with Crippen LogP contribution in [0.25, 0.3) is 0 Å². The molecule has 1 spiro atoms. The minimum Gasteiger partial charge on any atom is -0.458 e. The minimum absolute atomic E-state index is 0.533. The lowest BCUT2D eigenvalue weighted by molar-refractivity contribution is -0.135. The number of hydrogen-bond donors (Lipinski definition) is 0. The first-order chi connectivity index (χ1) is 8.20. The molecule has 0 aromatic heterocycles. The summed E-state index contributed by atoms with van der Waals surface area (Å²) in [6.07, 6.45) is 10.6. The molecule has 3 nitrogen and oxygen atoms in total. The Bertz CT molecular complexity index is 457. The number of ether oxygens (including phenoxy) is 2. The second kappa shape index (κ2) is 5.35. The van der Waals surface area contributed by atoms with E-state index in [4.69, 9.17) is 9.47 Å². The van der Waals surface area contributed by atoms with Crippen molar-refractivity contribution >= 4 is 10.8 Å². The van der Waals surface area contributed by atoms with Crippen molar-refractivity contribution in [3.63, 3.8) is 0 Å². The molecule has 2 aliphatic heterocycles. The smallest absolute Gasteiger partial charge is 0.230 e. The molecule has 1 fully saturated rings. The fourth-order valence-electron chi connectivity index (χ4n) is 1.69. The quantitative estimate of drug-likeness (QED) is 0.666. The molecule has 0 aliphatic carbocycles. The molecule has 0 unspecified atom stereocenters. The maximum atomic E-state index is 10.7. The zero-order valence-electron chi connectivity index (χ0n) is 9.64. The Hall–Kier alpha value is -1.31. The standard InChI is InChI=1S/C13H14O3S/c1-17(14)11-4-2-3-6-12-7-9-13(16-12)8-5-10-15-13/h4,6-7,9,11H,5,8,10H2,1H3/b11-4+,12-6+/t13-,17+/m1/s1. The molecule has 0 aromatic carbocycles. The van der Waals surface area contributed by atoms with Gasteiger partial charge in [0, 0.05) is 35.0 Å². The van der Waals surface area contributed by atoms with Crippen LogP contribution < -0.4 is 0 Å². The third-order valence-electron chi connectivity index (χ3n) is 2.45. The van der Waals surface area contributed by atoms with Gasteiger partial charge in [-0.15, -0.1) is 0 Å². The van der Waals surface area contributed by atoms with Crippen LogP contribution in [0.15, 0.2) is 35.5 Å². The fraction of sp³-hybridized carbons (Fsp3) is 0.385. The summed E-state index contributed by atoms with van der Waals surface area (Å²) in [5.74, 6) is 5.77. The predicted molar refractivity (Wildman–Crippen MR) is 67.2 cm³/mol. The van der Waals surface area contributed by atoms with Crippen LogP contribution in [0.2, 0.25) is 0 Å². The van der Waals surface area contributed by atoms with E-state index in [2.05, 4.69) is 11.8 Å². The van der Waals surface area contributed by atoms with Gasteiger partial charge in [-0.1, -0.05) is 11.8 Å². The molecular weight excluding hydrogens is 236 g/mol. The van der Waals surface area contributed by atoms with Gasteiger partial charge in [-0.3, -0.25) is 4.21 Å². The van der Waals surface area contributed by atoms with Crippen LogP contribution in [0.4, 0.5) is 0 Å². The van der Waals surface area contributed by atoms with Gasteiger partial charge in [0.1, 0.15) is 5.76 Å². The Balaban J connectivity index is 1.93. The first kappa shape index (κ1) is 12.2. The second-order valence-electron chi connectivity index (χ2n) is 3.84. The Morgan fingerprint density at radius 2 is 2.41 bits per heavy atom. The van der Waals surface area contributed by atoms with E-state index in [0.717, 1.165) is 19.4 Å². The Labute approximate surface area is 104 Å². The highest BCUT2D eigenvalue weighted by atomic mass is 32.2. The van der Waals surface area contributed by atoms with E-state index in [0.29, 0.717) is 5.76 Å². The monoisotopic (exact) mass is 250 g/mol. The molecule has 1 saturated heterocycles. The summed E-state index contributed by atoms with van der Waals surface area (Å²) in [4.78, 5) is 0. The number of hydrogen-bond acceptors (Lipinski definition) is 3. The van der Waals surface area contributed by atoms with Crippen molar-refractivity contribution in [2.24, 2.45) is 0 Å². The van der Waals surface area contributed by atoms with E-state index in [1.54, 1.807) is 23.8 Å². The molecule has 4 heteroatoms. The summed E-state index contributed by atoms with van der Waals surface area (Å²) in [5.41, 5.74) is 0. The van der Waals surface area contributed by atoms with E-state index in [9.17, 15) is 4.21 Å². The van der Waals surface area contributed by atoms with Gasteiger partial charge < -0.3 is 9.47 Å². The van der Waals surface area contributed by atoms with Gasteiger partial charge in [0.25, 0.3) is 0 Å². The van der Waals surface area contributed by atoms with Gasteiger partial charge in [0.15, 0.2) is 0 Å². The van der Waals surface area contributed by atoms with E-state index in [1.165, 1.54) is 0 Å². The van der Waals surface area contributed by atoms with Gasteiger partial charge in [-0.05, 0) is 24.6 Å². The van der Waals surface area contributed by atoms with Crippen molar-refractivity contribution in [1.29, 1.82) is 0 Å². The van der Waals surface area contributed by atoms with E-state index in [-0.39, 0.29) is 0 Å². The van der Waals surface area contributed by atoms with Crippen LogP contribution in [0.3, 0.4) is 0 Å². The molecule has 2 heterocycles. The van der Waals surface area contributed by atoms with E-state index in [1.807, 2.05) is 12.2 Å². The third kappa shape index (κ3) is 3.32. The van der Waals surface area contributed by atoms with Crippen molar-refractivity contribution in [1.82, 2.24) is 0 Å². The number of rotatable bonds is 1. The second-order valence-corrected chi connectivity index (χ2v) is 5.11. The Morgan fingerprint density at radius 1 is 1.53 bits per heavy atom. The summed E-state index contributed by atoms with van der Waals surface area (Å²) in [6, 6.07) is 0. The highest BCUT2D eigenvalue weighted by Crippen LogP contribution is 2.35. The van der Waals surface area contributed by atoms with Crippen molar-refractivity contribution in [3.8, 4) is 11.8 Å². The molecule has 2 aliphatic rings. The summed E-state index contributed by atoms with van der Waals surface area (Å²) in [5, 5.41) is 1.54. The first-order valence-corrected chi connectivity index (χ1v) is 7.05. The molecule has 2 atom stereocenters. The van der Waals surface area contributed by atoms with Crippen LogP contribution in [-0.4, -0.2) is 22.9 Å². The average Bonchev–Trinajstić information content (AvgIpc) is 2.89. The molecule has 17 heavy (non-hydrogen) atoms. The largest absolute Gasteiger partial charge is 0.458 e. The first-order valence-electron chi connectivity index (χ1n) is 5.43. The topological polar surface area (TPSA) is 35.5 Å². The summed E-state index contributed by atoms with van der Waals surface area (Å²) in [7, 11) is -0.947. The molecular formula is C13H14O3S. The molecule has 0 saturated carbocycles. The maximum Gasteiger partial charge on any atom is 0.230 e. The Kier molecular flexibility index (Phi) is 3.82. The summed E-state index contributed by atoms with van der Waals surface area (Å²) >= 11 is 0. The predicted octanol–water partition coefficient (Wildman–Crippen LogP) is 1.86. The van der Waals surface area contributed by atoms with Crippen LogP contribution in [0, 0.1) is 11.8 Å². The molecule has 90 valence electrons. The lowest BCUT2D eigenvalue weighted by Gasteiger charge is -2.20. The molecule has 0 radical (unpaired) electrons. The maximum absolute atomic E-state index is 10.7.